The second-order valence-corrected chi connectivity index (χ2v) is 5.83. The van der Waals surface area contributed by atoms with Crippen LogP contribution in [0.1, 0.15) is 33.1 Å². The van der Waals surface area contributed by atoms with Crippen molar-refractivity contribution < 1.29 is 14.4 Å². The van der Waals surface area contributed by atoms with Crippen LogP contribution in [-0.4, -0.2) is 15.4 Å². The van der Waals surface area contributed by atoms with Crippen LogP contribution in [0.3, 0.4) is 0 Å². The van der Waals surface area contributed by atoms with Gasteiger partial charge in [-0.3, -0.25) is 4.57 Å². The summed E-state index contributed by atoms with van der Waals surface area (Å²) in [6, 6.07) is 0. The highest BCUT2D eigenvalue weighted by Gasteiger charge is 2.39. The highest BCUT2D eigenvalue weighted by molar-refractivity contribution is 7.52. The Hall–Kier alpha value is 0.150. The Morgan fingerprint density at radius 1 is 1.50 bits per heavy atom. The summed E-state index contributed by atoms with van der Waals surface area (Å²) in [6.45, 7) is 3.79. The van der Waals surface area contributed by atoms with Crippen LogP contribution < -0.4 is 0 Å². The molecule has 3 nitrogen and oxygen atoms in total. The van der Waals surface area contributed by atoms with Crippen molar-refractivity contribution in [3.05, 3.63) is 0 Å². The van der Waals surface area contributed by atoms with Gasteiger partial charge in [-0.15, -0.1) is 0 Å². The summed E-state index contributed by atoms with van der Waals surface area (Å²) in [5, 5.41) is 0. The molecule has 1 aliphatic rings. The van der Waals surface area contributed by atoms with Crippen molar-refractivity contribution in [3.8, 4) is 0 Å². The molecule has 1 unspecified atom stereocenters. The zero-order valence-electron chi connectivity index (χ0n) is 7.60. The second-order valence-electron chi connectivity index (χ2n) is 3.84. The topological polar surface area (TPSA) is 57.5 Å². The van der Waals surface area contributed by atoms with E-state index in [-0.39, 0.29) is 5.92 Å². The Bertz CT molecular complexity index is 192. The standard InChI is InChI=1S/C8H17O3P/c1-3-7-4-8(5-7)6(2)12(9,10)11/h6-8H,3-5H2,1-2H3,(H2,9,10,11). The van der Waals surface area contributed by atoms with Gasteiger partial charge in [0, 0.05) is 0 Å². The molecule has 0 aromatic rings. The van der Waals surface area contributed by atoms with E-state index in [1.807, 2.05) is 0 Å². The molecule has 4 heteroatoms. The SMILES string of the molecule is CCC1CC(C(C)P(=O)(O)O)C1. The summed E-state index contributed by atoms with van der Waals surface area (Å²) in [6.07, 6.45) is 3.15. The fraction of sp³-hybridized carbons (Fsp3) is 1.00. The molecule has 72 valence electrons. The van der Waals surface area contributed by atoms with Crippen LogP contribution in [0.4, 0.5) is 0 Å². The minimum Gasteiger partial charge on any atom is -0.324 e. The Balaban J connectivity index is 2.38. The molecule has 12 heavy (non-hydrogen) atoms. The molecule has 0 aliphatic heterocycles. The zero-order valence-corrected chi connectivity index (χ0v) is 8.50. The van der Waals surface area contributed by atoms with E-state index in [1.165, 1.54) is 0 Å². The Labute approximate surface area is 73.3 Å². The van der Waals surface area contributed by atoms with Gasteiger partial charge in [-0.05, 0) is 24.7 Å². The van der Waals surface area contributed by atoms with Crippen molar-refractivity contribution in [1.82, 2.24) is 0 Å². The zero-order chi connectivity index (χ0) is 9.35. The van der Waals surface area contributed by atoms with Crippen LogP contribution in [-0.2, 0) is 4.57 Å². The van der Waals surface area contributed by atoms with E-state index >= 15 is 0 Å². The fourth-order valence-corrected chi connectivity index (χ4v) is 2.58. The quantitative estimate of drug-likeness (QED) is 0.672. The van der Waals surface area contributed by atoms with Crippen LogP contribution in [0.5, 0.6) is 0 Å². The van der Waals surface area contributed by atoms with Crippen molar-refractivity contribution in [2.75, 3.05) is 0 Å². The van der Waals surface area contributed by atoms with Crippen molar-refractivity contribution in [2.45, 2.75) is 38.8 Å². The molecule has 1 fully saturated rings. The van der Waals surface area contributed by atoms with Crippen LogP contribution >= 0.6 is 7.60 Å². The van der Waals surface area contributed by atoms with Crippen LogP contribution in [0.2, 0.25) is 0 Å². The Morgan fingerprint density at radius 2 is 2.00 bits per heavy atom. The maximum absolute atomic E-state index is 10.9. The van der Waals surface area contributed by atoms with Gasteiger partial charge in [0.25, 0.3) is 0 Å². The van der Waals surface area contributed by atoms with E-state index in [4.69, 9.17) is 9.79 Å². The van der Waals surface area contributed by atoms with Gasteiger partial charge < -0.3 is 9.79 Å². The minimum atomic E-state index is -3.82. The molecule has 0 aromatic carbocycles. The predicted molar refractivity (Wildman–Crippen MR) is 48.0 cm³/mol. The average molecular weight is 192 g/mol. The second kappa shape index (κ2) is 3.49. The van der Waals surface area contributed by atoms with E-state index in [9.17, 15) is 4.57 Å². The molecule has 0 saturated heterocycles. The van der Waals surface area contributed by atoms with Crippen molar-refractivity contribution in [2.24, 2.45) is 11.8 Å². The lowest BCUT2D eigenvalue weighted by molar-refractivity contribution is 0.173. The maximum atomic E-state index is 10.9. The summed E-state index contributed by atoms with van der Waals surface area (Å²) < 4.78 is 10.9. The van der Waals surface area contributed by atoms with Gasteiger partial charge in [-0.2, -0.15) is 0 Å². The first-order valence-electron chi connectivity index (χ1n) is 4.50. The third kappa shape index (κ3) is 2.09. The smallest absolute Gasteiger partial charge is 0.324 e. The maximum Gasteiger partial charge on any atom is 0.328 e. The normalized spacial score (nSPS) is 32.7. The third-order valence-corrected chi connectivity index (χ3v) is 4.54. The fourth-order valence-electron chi connectivity index (χ4n) is 1.79. The molecule has 0 spiro atoms. The summed E-state index contributed by atoms with van der Waals surface area (Å²) in [5.41, 5.74) is -0.430. The molecular weight excluding hydrogens is 175 g/mol. The lowest BCUT2D eigenvalue weighted by Gasteiger charge is -2.38. The number of hydrogen-bond acceptors (Lipinski definition) is 1. The van der Waals surface area contributed by atoms with Gasteiger partial charge in [0.15, 0.2) is 0 Å². The van der Waals surface area contributed by atoms with Crippen LogP contribution in [0, 0.1) is 11.8 Å². The third-order valence-electron chi connectivity index (χ3n) is 3.06. The summed E-state index contributed by atoms with van der Waals surface area (Å²) in [5.74, 6) is 0.972. The van der Waals surface area contributed by atoms with Crippen LogP contribution in [0.25, 0.3) is 0 Å². The van der Waals surface area contributed by atoms with E-state index in [0.717, 1.165) is 19.3 Å². The molecule has 0 amide bonds. The van der Waals surface area contributed by atoms with E-state index in [2.05, 4.69) is 6.92 Å². The monoisotopic (exact) mass is 192 g/mol. The summed E-state index contributed by atoms with van der Waals surface area (Å²) in [7, 11) is -3.82. The first kappa shape index (κ1) is 10.2. The van der Waals surface area contributed by atoms with E-state index in [0.29, 0.717) is 5.92 Å². The minimum absolute atomic E-state index is 0.260. The first-order valence-corrected chi connectivity index (χ1v) is 6.18. The first-order chi connectivity index (χ1) is 5.45. The van der Waals surface area contributed by atoms with E-state index in [1.54, 1.807) is 6.92 Å². The molecule has 1 aliphatic carbocycles. The molecule has 2 N–H and O–H groups in total. The highest BCUT2D eigenvalue weighted by atomic mass is 31.2. The molecule has 1 saturated carbocycles. The molecule has 0 aromatic heterocycles. The van der Waals surface area contributed by atoms with Crippen LogP contribution in [0.15, 0.2) is 0 Å². The molecule has 1 rings (SSSR count). The molecule has 0 radical (unpaired) electrons. The lowest BCUT2D eigenvalue weighted by atomic mass is 9.72. The summed E-state index contributed by atoms with van der Waals surface area (Å²) >= 11 is 0. The van der Waals surface area contributed by atoms with Crippen molar-refractivity contribution in [1.29, 1.82) is 0 Å². The predicted octanol–water partition coefficient (Wildman–Crippen LogP) is 1.99. The average Bonchev–Trinajstić information content (AvgIpc) is 1.83. The molecule has 0 heterocycles. The molecular formula is C8H17O3P. The van der Waals surface area contributed by atoms with Gasteiger partial charge in [0.05, 0.1) is 5.66 Å². The lowest BCUT2D eigenvalue weighted by Crippen LogP contribution is -2.31. The highest BCUT2D eigenvalue weighted by Crippen LogP contribution is 2.52. The van der Waals surface area contributed by atoms with Gasteiger partial charge in [0.1, 0.15) is 0 Å². The Morgan fingerprint density at radius 3 is 2.33 bits per heavy atom. The van der Waals surface area contributed by atoms with Gasteiger partial charge in [0.2, 0.25) is 0 Å². The number of hydrogen-bond donors (Lipinski definition) is 2. The molecule has 0 bridgehead atoms. The van der Waals surface area contributed by atoms with Crippen molar-refractivity contribution in [3.63, 3.8) is 0 Å². The Kier molecular flexibility index (Phi) is 2.97. The van der Waals surface area contributed by atoms with Gasteiger partial charge in [-0.25, -0.2) is 0 Å². The summed E-state index contributed by atoms with van der Waals surface area (Å²) in [4.78, 5) is 17.8. The van der Waals surface area contributed by atoms with Gasteiger partial charge >= 0.3 is 7.60 Å². The largest absolute Gasteiger partial charge is 0.328 e. The van der Waals surface area contributed by atoms with E-state index < -0.39 is 13.3 Å². The molecule has 1 atom stereocenters. The van der Waals surface area contributed by atoms with Crippen molar-refractivity contribution >= 4 is 7.60 Å². The van der Waals surface area contributed by atoms with Gasteiger partial charge in [-0.1, -0.05) is 20.3 Å². The number of rotatable bonds is 3.